The van der Waals surface area contributed by atoms with Crippen LogP contribution in [-0.4, -0.2) is 15.8 Å². The molecule has 0 atom stereocenters. The Morgan fingerprint density at radius 1 is 1.26 bits per heavy atom. The summed E-state index contributed by atoms with van der Waals surface area (Å²) in [6.45, 7) is 0. The molecule has 0 fully saturated rings. The van der Waals surface area contributed by atoms with Gasteiger partial charge in [-0.1, -0.05) is 0 Å². The third kappa shape index (κ3) is 2.73. The number of H-pyrrole nitrogens is 1. The van der Waals surface area contributed by atoms with Crippen molar-refractivity contribution >= 4 is 17.3 Å². The Bertz CT molecular complexity index is 654. The number of nitro groups is 1. The number of anilines is 1. The maximum Gasteiger partial charge on any atom is 0.287 e. The van der Waals surface area contributed by atoms with Gasteiger partial charge < -0.3 is 10.3 Å². The normalized spacial score (nSPS) is 10.2. The Morgan fingerprint density at radius 2 is 2.00 bits per heavy atom. The molecule has 1 heterocycles. The van der Waals surface area contributed by atoms with Gasteiger partial charge in [-0.15, -0.1) is 0 Å². The summed E-state index contributed by atoms with van der Waals surface area (Å²) in [5.41, 5.74) is -0.284. The van der Waals surface area contributed by atoms with E-state index in [9.17, 15) is 23.7 Å². The summed E-state index contributed by atoms with van der Waals surface area (Å²) in [5.74, 6) is -2.83. The van der Waals surface area contributed by atoms with Crippen molar-refractivity contribution < 1.29 is 18.5 Å². The molecule has 0 aliphatic heterocycles. The largest absolute Gasteiger partial charge is 0.351 e. The van der Waals surface area contributed by atoms with Crippen LogP contribution < -0.4 is 5.32 Å². The lowest BCUT2D eigenvalue weighted by Crippen LogP contribution is -2.12. The molecule has 0 spiro atoms. The van der Waals surface area contributed by atoms with Crippen LogP contribution in [0, 0.1) is 21.7 Å². The molecule has 98 valence electrons. The minimum Gasteiger partial charge on any atom is -0.351 e. The summed E-state index contributed by atoms with van der Waals surface area (Å²) in [5, 5.41) is 12.7. The maximum atomic E-state index is 12.9. The van der Waals surface area contributed by atoms with E-state index in [1.54, 1.807) is 0 Å². The number of rotatable bonds is 3. The number of benzene rings is 1. The van der Waals surface area contributed by atoms with Crippen molar-refractivity contribution in [1.29, 1.82) is 0 Å². The molecule has 0 saturated carbocycles. The van der Waals surface area contributed by atoms with Crippen LogP contribution in [0.3, 0.4) is 0 Å². The van der Waals surface area contributed by atoms with Crippen LogP contribution in [0.1, 0.15) is 10.5 Å². The van der Waals surface area contributed by atoms with Gasteiger partial charge in [0.1, 0.15) is 5.69 Å². The van der Waals surface area contributed by atoms with Crippen molar-refractivity contribution in [3.63, 3.8) is 0 Å². The molecular formula is C11H7F2N3O3. The predicted molar refractivity (Wildman–Crippen MR) is 61.8 cm³/mol. The molecule has 0 bridgehead atoms. The van der Waals surface area contributed by atoms with Gasteiger partial charge in [-0.05, 0) is 12.1 Å². The van der Waals surface area contributed by atoms with E-state index in [1.807, 2.05) is 0 Å². The van der Waals surface area contributed by atoms with Gasteiger partial charge in [0.25, 0.3) is 11.6 Å². The first-order chi connectivity index (χ1) is 8.97. The second-order valence-electron chi connectivity index (χ2n) is 3.61. The van der Waals surface area contributed by atoms with Crippen LogP contribution in [-0.2, 0) is 0 Å². The number of hydrogen-bond acceptors (Lipinski definition) is 3. The highest BCUT2D eigenvalue weighted by atomic mass is 19.2. The molecule has 2 aromatic rings. The molecule has 1 amide bonds. The fourth-order valence-electron chi connectivity index (χ4n) is 1.39. The zero-order chi connectivity index (χ0) is 14.0. The summed E-state index contributed by atoms with van der Waals surface area (Å²) < 4.78 is 25.6. The molecule has 2 rings (SSSR count). The standard InChI is InChI=1S/C11H7F2N3O3/c12-8-2-1-6(3-9(8)13)15-11(17)10-4-7(5-14-10)16(18)19/h1-5,14H,(H,15,17). The van der Waals surface area contributed by atoms with Crippen molar-refractivity contribution in [3.05, 3.63) is 57.9 Å². The predicted octanol–water partition coefficient (Wildman–Crippen LogP) is 2.45. The van der Waals surface area contributed by atoms with Gasteiger partial charge in [-0.3, -0.25) is 14.9 Å². The first-order valence-electron chi connectivity index (χ1n) is 5.06. The maximum absolute atomic E-state index is 12.9. The molecule has 0 unspecified atom stereocenters. The van der Waals surface area contributed by atoms with Crippen LogP contribution in [0.25, 0.3) is 0 Å². The van der Waals surface area contributed by atoms with Gasteiger partial charge in [0.15, 0.2) is 11.6 Å². The summed E-state index contributed by atoms with van der Waals surface area (Å²) >= 11 is 0. The molecule has 0 aliphatic rings. The van der Waals surface area contributed by atoms with Gasteiger partial charge >= 0.3 is 0 Å². The number of amides is 1. The average molecular weight is 267 g/mol. The van der Waals surface area contributed by atoms with Crippen molar-refractivity contribution in [2.75, 3.05) is 5.32 Å². The van der Waals surface area contributed by atoms with Crippen LogP contribution in [0.4, 0.5) is 20.2 Å². The zero-order valence-corrected chi connectivity index (χ0v) is 9.31. The molecule has 1 aromatic heterocycles. The molecule has 0 saturated heterocycles. The van der Waals surface area contributed by atoms with E-state index in [0.717, 1.165) is 24.4 Å². The third-order valence-electron chi connectivity index (χ3n) is 2.30. The number of aromatic amines is 1. The van der Waals surface area contributed by atoms with Crippen molar-refractivity contribution in [3.8, 4) is 0 Å². The van der Waals surface area contributed by atoms with E-state index >= 15 is 0 Å². The highest BCUT2D eigenvalue weighted by Gasteiger charge is 2.15. The Kier molecular flexibility index (Phi) is 3.23. The summed E-state index contributed by atoms with van der Waals surface area (Å²) in [6.07, 6.45) is 1.06. The number of carbonyl (C=O) groups excluding carboxylic acids is 1. The van der Waals surface area contributed by atoms with Crippen LogP contribution >= 0.6 is 0 Å². The number of carbonyl (C=O) groups is 1. The van der Waals surface area contributed by atoms with Crippen molar-refractivity contribution in [2.45, 2.75) is 0 Å². The van der Waals surface area contributed by atoms with Gasteiger partial charge in [0.05, 0.1) is 11.1 Å². The molecule has 2 N–H and O–H groups in total. The lowest BCUT2D eigenvalue weighted by molar-refractivity contribution is -0.384. The monoisotopic (exact) mass is 267 g/mol. The first-order valence-corrected chi connectivity index (χ1v) is 5.06. The first kappa shape index (κ1) is 12.7. The highest BCUT2D eigenvalue weighted by molar-refractivity contribution is 6.03. The second-order valence-corrected chi connectivity index (χ2v) is 3.61. The molecule has 19 heavy (non-hydrogen) atoms. The lowest BCUT2D eigenvalue weighted by Gasteiger charge is -2.03. The molecule has 0 radical (unpaired) electrons. The quantitative estimate of drug-likeness (QED) is 0.661. The third-order valence-corrected chi connectivity index (χ3v) is 2.30. The number of nitrogens with one attached hydrogen (secondary N) is 2. The molecule has 0 aliphatic carbocycles. The minimum absolute atomic E-state index is 0.0427. The van der Waals surface area contributed by atoms with E-state index in [2.05, 4.69) is 10.3 Å². The summed E-state index contributed by atoms with van der Waals surface area (Å²) in [7, 11) is 0. The van der Waals surface area contributed by atoms with Crippen molar-refractivity contribution in [1.82, 2.24) is 4.98 Å². The van der Waals surface area contributed by atoms with E-state index in [1.165, 1.54) is 6.07 Å². The van der Waals surface area contributed by atoms with Gasteiger partial charge in [0.2, 0.25) is 0 Å². The number of hydrogen-bond donors (Lipinski definition) is 2. The molecule has 8 heteroatoms. The smallest absolute Gasteiger partial charge is 0.287 e. The number of aromatic nitrogens is 1. The summed E-state index contributed by atoms with van der Waals surface area (Å²) in [4.78, 5) is 23.9. The number of halogens is 2. The Morgan fingerprint density at radius 3 is 2.58 bits per heavy atom. The zero-order valence-electron chi connectivity index (χ0n) is 9.31. The van der Waals surface area contributed by atoms with E-state index < -0.39 is 22.5 Å². The van der Waals surface area contributed by atoms with E-state index in [-0.39, 0.29) is 17.1 Å². The van der Waals surface area contributed by atoms with Gasteiger partial charge in [0, 0.05) is 17.8 Å². The molecule has 6 nitrogen and oxygen atoms in total. The second kappa shape index (κ2) is 4.84. The average Bonchev–Trinajstić information content (AvgIpc) is 2.83. The molecule has 1 aromatic carbocycles. The number of nitrogens with zero attached hydrogens (tertiary/aromatic N) is 1. The fourth-order valence-corrected chi connectivity index (χ4v) is 1.39. The Labute approximate surface area is 105 Å². The summed E-state index contributed by atoms with van der Waals surface area (Å²) in [6, 6.07) is 3.88. The van der Waals surface area contributed by atoms with E-state index in [0.29, 0.717) is 0 Å². The Hall–Kier alpha value is -2.77. The fraction of sp³-hybridized carbons (Fsp3) is 0. The van der Waals surface area contributed by atoms with Crippen LogP contribution in [0.5, 0.6) is 0 Å². The minimum atomic E-state index is -1.10. The van der Waals surface area contributed by atoms with E-state index in [4.69, 9.17) is 0 Å². The SMILES string of the molecule is O=C(Nc1ccc(F)c(F)c1)c1cc([N+](=O)[O-])c[nH]1. The van der Waals surface area contributed by atoms with Crippen LogP contribution in [0.15, 0.2) is 30.5 Å². The highest BCUT2D eigenvalue weighted by Crippen LogP contribution is 2.16. The molecular weight excluding hydrogens is 260 g/mol. The topological polar surface area (TPSA) is 88.0 Å². The lowest BCUT2D eigenvalue weighted by atomic mass is 10.3. The van der Waals surface area contributed by atoms with Crippen LogP contribution in [0.2, 0.25) is 0 Å². The Balaban J connectivity index is 2.15. The van der Waals surface area contributed by atoms with Gasteiger partial charge in [-0.2, -0.15) is 0 Å². The van der Waals surface area contributed by atoms with Crippen molar-refractivity contribution in [2.24, 2.45) is 0 Å². The van der Waals surface area contributed by atoms with Gasteiger partial charge in [-0.25, -0.2) is 8.78 Å².